The molecule has 0 saturated heterocycles. The van der Waals surface area contributed by atoms with Gasteiger partial charge in [-0.25, -0.2) is 0 Å². The van der Waals surface area contributed by atoms with E-state index in [1.54, 1.807) is 0 Å². The summed E-state index contributed by atoms with van der Waals surface area (Å²) in [5, 5.41) is 2.90. The number of hydrogen-bond acceptors (Lipinski definition) is 2. The average Bonchev–Trinajstić information content (AvgIpc) is 2.26. The number of alkyl halides is 3. The Hall–Kier alpha value is -0.190. The number of halogens is 5. The Kier molecular flexibility index (Phi) is 6.21. The molecule has 1 unspecified atom stereocenters. The molecular formula is C11H8Cl5NO2. The Morgan fingerprint density at radius 2 is 1.95 bits per heavy atom. The third kappa shape index (κ3) is 5.01. The number of benzene rings is 1. The molecule has 1 N–H and O–H groups in total. The maximum Gasteiger partial charge on any atom is 0.210 e. The lowest BCUT2D eigenvalue weighted by molar-refractivity contribution is -0.110. The maximum absolute atomic E-state index is 12.0. The third-order valence-corrected chi connectivity index (χ3v) is 3.62. The molecule has 8 heteroatoms. The molecule has 104 valence electrons. The van der Waals surface area contributed by atoms with Gasteiger partial charge in [0.25, 0.3) is 0 Å². The summed E-state index contributed by atoms with van der Waals surface area (Å²) < 4.78 is -1.80. The predicted octanol–water partition coefficient (Wildman–Crippen LogP) is 4.05. The number of nitrogens with one attached hydrogen (secondary N) is 1. The van der Waals surface area contributed by atoms with E-state index in [4.69, 9.17) is 58.0 Å². The number of ketones is 1. The van der Waals surface area contributed by atoms with Gasteiger partial charge in [0, 0.05) is 17.0 Å². The molecule has 1 amide bonds. The van der Waals surface area contributed by atoms with Crippen LogP contribution in [0.1, 0.15) is 16.8 Å². The van der Waals surface area contributed by atoms with Crippen LogP contribution in [0.2, 0.25) is 10.0 Å². The predicted molar refractivity (Wildman–Crippen MR) is 78.7 cm³/mol. The van der Waals surface area contributed by atoms with Gasteiger partial charge < -0.3 is 5.32 Å². The average molecular weight is 363 g/mol. The number of carbonyl (C=O) groups is 2. The monoisotopic (exact) mass is 361 g/mol. The van der Waals surface area contributed by atoms with Crippen molar-refractivity contribution in [3.63, 3.8) is 0 Å². The fraction of sp³-hybridized carbons (Fsp3) is 0.273. The second-order valence-corrected chi connectivity index (χ2v) is 6.84. The Morgan fingerprint density at radius 1 is 1.32 bits per heavy atom. The van der Waals surface area contributed by atoms with E-state index in [1.165, 1.54) is 18.2 Å². The highest BCUT2D eigenvalue weighted by Gasteiger charge is 2.34. The molecule has 1 aromatic carbocycles. The smallest absolute Gasteiger partial charge is 0.210 e. The van der Waals surface area contributed by atoms with Crippen LogP contribution in [0.15, 0.2) is 18.2 Å². The molecule has 0 aliphatic heterocycles. The van der Waals surface area contributed by atoms with E-state index in [1.807, 2.05) is 0 Å². The fourth-order valence-electron chi connectivity index (χ4n) is 1.36. The second-order valence-electron chi connectivity index (χ2n) is 3.63. The highest BCUT2D eigenvalue weighted by atomic mass is 35.6. The summed E-state index contributed by atoms with van der Waals surface area (Å²) in [6.07, 6.45) is 0.167. The molecular weight excluding hydrogens is 355 g/mol. The van der Waals surface area contributed by atoms with Crippen molar-refractivity contribution in [3.8, 4) is 0 Å². The number of amides is 1. The van der Waals surface area contributed by atoms with Crippen molar-refractivity contribution in [2.75, 3.05) is 0 Å². The molecule has 0 bridgehead atoms. The molecule has 0 radical (unpaired) electrons. The first-order valence-electron chi connectivity index (χ1n) is 5.00. The minimum absolute atomic E-state index is 0.198. The minimum Gasteiger partial charge on any atom is -0.351 e. The fourth-order valence-corrected chi connectivity index (χ4v) is 2.30. The number of hydrogen-bond donors (Lipinski definition) is 1. The van der Waals surface area contributed by atoms with E-state index < -0.39 is 9.83 Å². The van der Waals surface area contributed by atoms with Crippen LogP contribution >= 0.6 is 58.0 Å². The lowest BCUT2D eigenvalue weighted by Gasteiger charge is -2.23. The summed E-state index contributed by atoms with van der Waals surface area (Å²) in [4.78, 5) is 22.5. The van der Waals surface area contributed by atoms with Gasteiger partial charge in [-0.3, -0.25) is 9.59 Å². The highest BCUT2D eigenvalue weighted by Crippen LogP contribution is 2.33. The SMILES string of the molecule is O=CNC(CC(=O)c1ccc(Cl)cc1Cl)C(Cl)(Cl)Cl. The van der Waals surface area contributed by atoms with E-state index >= 15 is 0 Å². The van der Waals surface area contributed by atoms with Crippen LogP contribution in [-0.4, -0.2) is 22.0 Å². The normalized spacial score (nSPS) is 12.9. The first-order chi connectivity index (χ1) is 8.75. The molecule has 19 heavy (non-hydrogen) atoms. The van der Waals surface area contributed by atoms with E-state index in [0.717, 1.165) is 0 Å². The van der Waals surface area contributed by atoms with Gasteiger partial charge in [-0.05, 0) is 18.2 Å². The van der Waals surface area contributed by atoms with Crippen molar-refractivity contribution in [3.05, 3.63) is 33.8 Å². The summed E-state index contributed by atoms with van der Waals surface area (Å²) >= 11 is 28.7. The largest absolute Gasteiger partial charge is 0.351 e. The second kappa shape index (κ2) is 7.00. The van der Waals surface area contributed by atoms with Crippen LogP contribution in [0.4, 0.5) is 0 Å². The zero-order valence-electron chi connectivity index (χ0n) is 9.30. The maximum atomic E-state index is 12.0. The van der Waals surface area contributed by atoms with Crippen LogP contribution < -0.4 is 5.32 Å². The van der Waals surface area contributed by atoms with Crippen molar-refractivity contribution < 1.29 is 9.59 Å². The molecule has 0 aliphatic rings. The summed E-state index contributed by atoms with van der Waals surface area (Å²) in [7, 11) is 0. The Labute approximate surface area is 135 Å². The van der Waals surface area contributed by atoms with Gasteiger partial charge in [-0.15, -0.1) is 0 Å². The molecule has 0 spiro atoms. The highest BCUT2D eigenvalue weighted by molar-refractivity contribution is 6.68. The van der Waals surface area contributed by atoms with Crippen molar-refractivity contribution in [2.24, 2.45) is 0 Å². The van der Waals surface area contributed by atoms with Gasteiger partial charge in [0.1, 0.15) is 0 Å². The molecule has 1 aromatic rings. The van der Waals surface area contributed by atoms with Crippen molar-refractivity contribution in [1.82, 2.24) is 5.32 Å². The van der Waals surface area contributed by atoms with Gasteiger partial charge in [-0.1, -0.05) is 58.0 Å². The van der Waals surface area contributed by atoms with Crippen LogP contribution in [0.5, 0.6) is 0 Å². The third-order valence-electron chi connectivity index (χ3n) is 2.29. The standard InChI is InChI=1S/C11H8Cl5NO2/c12-6-1-2-7(8(13)3-6)9(19)4-10(17-5-18)11(14,15)16/h1-3,5,10H,4H2,(H,17,18). The number of rotatable bonds is 5. The van der Waals surface area contributed by atoms with Crippen LogP contribution in [-0.2, 0) is 4.79 Å². The first-order valence-corrected chi connectivity index (χ1v) is 6.89. The Morgan fingerprint density at radius 3 is 2.42 bits per heavy atom. The zero-order valence-corrected chi connectivity index (χ0v) is 13.1. The summed E-state index contributed by atoms with van der Waals surface area (Å²) in [6, 6.07) is 3.49. The Balaban J connectivity index is 2.91. The quantitative estimate of drug-likeness (QED) is 0.487. The molecule has 0 aromatic heterocycles. The van der Waals surface area contributed by atoms with Crippen molar-refractivity contribution in [2.45, 2.75) is 16.3 Å². The van der Waals surface area contributed by atoms with E-state index in [2.05, 4.69) is 5.32 Å². The Bertz CT molecular complexity index is 486. The lowest BCUT2D eigenvalue weighted by atomic mass is 10.0. The molecule has 0 saturated carbocycles. The molecule has 0 aliphatic carbocycles. The van der Waals surface area contributed by atoms with Gasteiger partial charge in [0.2, 0.25) is 10.2 Å². The van der Waals surface area contributed by atoms with E-state index in [-0.39, 0.29) is 22.8 Å². The topological polar surface area (TPSA) is 46.2 Å². The van der Waals surface area contributed by atoms with Gasteiger partial charge in [-0.2, -0.15) is 0 Å². The van der Waals surface area contributed by atoms with E-state index in [9.17, 15) is 9.59 Å². The first kappa shape index (κ1) is 16.9. The van der Waals surface area contributed by atoms with Crippen LogP contribution in [0, 0.1) is 0 Å². The molecule has 0 heterocycles. The molecule has 1 atom stereocenters. The number of Topliss-reactive ketones (excluding diaryl/α,β-unsaturated/α-hetero) is 1. The van der Waals surface area contributed by atoms with Crippen LogP contribution in [0.3, 0.4) is 0 Å². The van der Waals surface area contributed by atoms with Crippen molar-refractivity contribution >= 4 is 70.2 Å². The minimum atomic E-state index is -1.80. The zero-order chi connectivity index (χ0) is 14.6. The van der Waals surface area contributed by atoms with Gasteiger partial charge in [0.15, 0.2) is 5.78 Å². The lowest BCUT2D eigenvalue weighted by Crippen LogP contribution is -2.41. The van der Waals surface area contributed by atoms with Gasteiger partial charge in [0.05, 0.1) is 11.1 Å². The van der Waals surface area contributed by atoms with Crippen LogP contribution in [0.25, 0.3) is 0 Å². The molecule has 3 nitrogen and oxygen atoms in total. The summed E-state index contributed by atoms with van der Waals surface area (Å²) in [6.45, 7) is 0. The van der Waals surface area contributed by atoms with Crippen molar-refractivity contribution in [1.29, 1.82) is 0 Å². The summed E-state index contributed by atoms with van der Waals surface area (Å²) in [5.74, 6) is -0.368. The molecule has 0 fully saturated rings. The van der Waals surface area contributed by atoms with E-state index in [0.29, 0.717) is 11.4 Å². The number of carbonyl (C=O) groups excluding carboxylic acids is 2. The van der Waals surface area contributed by atoms with Gasteiger partial charge >= 0.3 is 0 Å². The molecule has 1 rings (SSSR count). The summed E-state index contributed by atoms with van der Waals surface area (Å²) in [5.41, 5.74) is 0.248.